The van der Waals surface area contributed by atoms with E-state index in [4.69, 9.17) is 6.58 Å². The van der Waals surface area contributed by atoms with Crippen molar-refractivity contribution >= 4 is 5.70 Å². The maximum Gasteiger partial charge on any atom is 0.249 e. The zero-order chi connectivity index (χ0) is 26.7. The van der Waals surface area contributed by atoms with Crippen molar-refractivity contribution < 1.29 is 17.9 Å². The van der Waals surface area contributed by atoms with Gasteiger partial charge in [0.1, 0.15) is 11.6 Å². The lowest BCUT2D eigenvalue weighted by Gasteiger charge is -2.29. The summed E-state index contributed by atoms with van der Waals surface area (Å²) < 4.78 is 34.6. The molecule has 7 rings (SSSR count). The van der Waals surface area contributed by atoms with Crippen LogP contribution in [0.2, 0.25) is 0 Å². The average Bonchev–Trinajstić information content (AvgIpc) is 3.00. The topological polar surface area (TPSA) is 7.76 Å². The Morgan fingerprint density at radius 1 is 0.795 bits per heavy atom. The Kier molecular flexibility index (Phi) is 5.52. The second-order valence-electron chi connectivity index (χ2n) is 10.6. The number of hydrogen-bond donors (Lipinski definition) is 0. The molecule has 5 aromatic rings. The van der Waals surface area contributed by atoms with Gasteiger partial charge >= 0.3 is 0 Å². The van der Waals surface area contributed by atoms with Gasteiger partial charge in [-0.3, -0.25) is 0 Å². The molecule has 2 atom stereocenters. The number of rotatable bonds is 1. The lowest BCUT2D eigenvalue weighted by Crippen LogP contribution is -2.53. The van der Waals surface area contributed by atoms with E-state index in [1.165, 1.54) is 17.2 Å². The molecule has 190 valence electrons. The van der Waals surface area contributed by atoms with Crippen LogP contribution in [0.15, 0.2) is 110 Å². The fraction of sp³-hybridized carbons (Fsp3) is 0.143. The molecule has 0 saturated heterocycles. The average molecular weight is 515 g/mol. The van der Waals surface area contributed by atoms with Crippen LogP contribution in [0.25, 0.3) is 39.3 Å². The van der Waals surface area contributed by atoms with Gasteiger partial charge in [-0.2, -0.15) is 9.13 Å². The highest BCUT2D eigenvalue weighted by Crippen LogP contribution is 2.45. The minimum absolute atomic E-state index is 0.0610. The Morgan fingerprint density at radius 3 is 2.41 bits per heavy atom. The van der Waals surface area contributed by atoms with Gasteiger partial charge in [0.05, 0.1) is 11.5 Å². The summed E-state index contributed by atoms with van der Waals surface area (Å²) in [7, 11) is 0. The third-order valence-electron chi connectivity index (χ3n) is 8.38. The third-order valence-corrected chi connectivity index (χ3v) is 8.38. The number of hydrogen-bond acceptors (Lipinski definition) is 0. The zero-order valence-electron chi connectivity index (χ0n) is 21.7. The Balaban J connectivity index is 1.55. The maximum absolute atomic E-state index is 15.5. The van der Waals surface area contributed by atoms with Gasteiger partial charge < -0.3 is 0 Å². The molecule has 0 aliphatic carbocycles. The number of fused-ring (bicyclic) bond motifs is 9. The molecule has 0 spiro atoms. The highest BCUT2D eigenvalue weighted by Gasteiger charge is 2.47. The molecule has 0 saturated carbocycles. The second-order valence-corrected chi connectivity index (χ2v) is 10.6. The Morgan fingerprint density at radius 2 is 1.56 bits per heavy atom. The summed E-state index contributed by atoms with van der Waals surface area (Å²) in [6.45, 7) is 6.75. The van der Waals surface area contributed by atoms with Crippen LogP contribution in [-0.4, -0.2) is 0 Å². The molecule has 39 heavy (non-hydrogen) atoms. The van der Waals surface area contributed by atoms with Crippen LogP contribution < -0.4 is 9.13 Å². The third kappa shape index (κ3) is 3.74. The number of allylic oxidation sites excluding steroid dienone is 1. The van der Waals surface area contributed by atoms with Crippen molar-refractivity contribution in [3.8, 4) is 33.6 Å². The summed E-state index contributed by atoms with van der Waals surface area (Å²) in [4.78, 5) is 0. The van der Waals surface area contributed by atoms with Gasteiger partial charge in [0.2, 0.25) is 23.1 Å². The number of aromatic nitrogens is 2. The first-order valence-corrected chi connectivity index (χ1v) is 13.4. The van der Waals surface area contributed by atoms with Crippen molar-refractivity contribution in [2.45, 2.75) is 31.7 Å². The number of nitrogens with zero attached hydrogens (tertiary/aromatic N) is 2. The Hall–Kier alpha value is -4.44. The van der Waals surface area contributed by atoms with Crippen LogP contribution in [0.4, 0.5) is 8.78 Å². The SMILES string of the molecule is C=C1C2C(CCc3c(F)cc(F)cc3-c3cc(C)c(-c4ccccc4)c[n+]31)c1ccccc1-c1cccc[n+]12. The predicted molar refractivity (Wildman–Crippen MR) is 150 cm³/mol. The monoisotopic (exact) mass is 514 g/mol. The van der Waals surface area contributed by atoms with Crippen LogP contribution in [0.1, 0.15) is 35.1 Å². The lowest BCUT2D eigenvalue weighted by molar-refractivity contribution is -0.727. The number of halogens is 2. The summed E-state index contributed by atoms with van der Waals surface area (Å²) in [5, 5.41) is 0. The minimum atomic E-state index is -0.574. The smallest absolute Gasteiger partial charge is 0.207 e. The van der Waals surface area contributed by atoms with E-state index in [1.807, 2.05) is 24.3 Å². The van der Waals surface area contributed by atoms with Gasteiger partial charge in [0.15, 0.2) is 12.4 Å². The largest absolute Gasteiger partial charge is 0.249 e. The van der Waals surface area contributed by atoms with Crippen molar-refractivity contribution in [1.82, 2.24) is 0 Å². The van der Waals surface area contributed by atoms with Crippen LogP contribution >= 0.6 is 0 Å². The minimum Gasteiger partial charge on any atom is -0.207 e. The maximum atomic E-state index is 15.5. The van der Waals surface area contributed by atoms with Crippen molar-refractivity contribution in [2.75, 3.05) is 0 Å². The van der Waals surface area contributed by atoms with Gasteiger partial charge in [0.25, 0.3) is 0 Å². The summed E-state index contributed by atoms with van der Waals surface area (Å²) in [6, 6.07) is 29.4. The van der Waals surface area contributed by atoms with Crippen molar-refractivity contribution in [1.29, 1.82) is 0 Å². The van der Waals surface area contributed by atoms with Crippen molar-refractivity contribution in [3.63, 3.8) is 0 Å². The fourth-order valence-corrected chi connectivity index (χ4v) is 6.60. The van der Waals surface area contributed by atoms with E-state index in [0.717, 1.165) is 39.8 Å². The van der Waals surface area contributed by atoms with Crippen LogP contribution in [0.5, 0.6) is 0 Å². The highest BCUT2D eigenvalue weighted by molar-refractivity contribution is 5.72. The molecule has 2 nitrogen and oxygen atoms in total. The van der Waals surface area contributed by atoms with E-state index in [9.17, 15) is 4.39 Å². The zero-order valence-corrected chi connectivity index (χ0v) is 21.7. The van der Waals surface area contributed by atoms with Crippen molar-refractivity contribution in [3.05, 3.63) is 138 Å². The van der Waals surface area contributed by atoms with E-state index in [0.29, 0.717) is 24.0 Å². The van der Waals surface area contributed by atoms with Crippen LogP contribution in [-0.2, 0) is 6.42 Å². The molecule has 0 amide bonds. The Bertz CT molecular complexity index is 1770. The first-order valence-electron chi connectivity index (χ1n) is 13.4. The van der Waals surface area contributed by atoms with Gasteiger partial charge in [-0.15, -0.1) is 0 Å². The summed E-state index contributed by atoms with van der Waals surface area (Å²) in [5.41, 5.74) is 9.49. The summed E-state index contributed by atoms with van der Waals surface area (Å²) in [5.74, 6) is -1.01. The van der Waals surface area contributed by atoms with Gasteiger partial charge in [-0.25, -0.2) is 8.78 Å². The molecular weight excluding hydrogens is 486 g/mol. The number of aryl methyl sites for hydroxylation is 1. The standard InChI is InChI=1S/C35H28F2N2/c1-22-18-34-30-19-25(36)20-32(37)27(30)15-16-29-26-12-6-7-13-28(26)33-14-8-9-17-38(33)35(29)23(2)39(34)21-31(22)24-10-4-3-5-11-24/h3-14,17-21,29,35H,2,15-16H2,1H3/q+2. The van der Waals surface area contributed by atoms with E-state index in [-0.39, 0.29) is 12.0 Å². The van der Waals surface area contributed by atoms with Gasteiger partial charge in [0, 0.05) is 41.0 Å². The van der Waals surface area contributed by atoms with E-state index < -0.39 is 11.6 Å². The highest BCUT2D eigenvalue weighted by atomic mass is 19.1. The molecule has 2 unspecified atom stereocenters. The molecule has 0 fully saturated rings. The first kappa shape index (κ1) is 23.7. The normalized spacial score (nSPS) is 17.5. The van der Waals surface area contributed by atoms with E-state index in [1.54, 1.807) is 0 Å². The van der Waals surface area contributed by atoms with Crippen LogP contribution in [0, 0.1) is 18.6 Å². The van der Waals surface area contributed by atoms with Gasteiger partial charge in [-0.05, 0) is 61.2 Å². The molecular formula is C35H28F2N2+2. The molecule has 3 aromatic carbocycles. The lowest BCUT2D eigenvalue weighted by atomic mass is 9.78. The second kappa shape index (κ2) is 9.09. The number of benzene rings is 3. The van der Waals surface area contributed by atoms with Crippen LogP contribution in [0.3, 0.4) is 0 Å². The quantitative estimate of drug-likeness (QED) is 0.204. The molecule has 2 aliphatic heterocycles. The molecule has 2 aliphatic rings. The molecule has 0 bridgehead atoms. The van der Waals surface area contributed by atoms with E-state index >= 15 is 4.39 Å². The molecule has 0 radical (unpaired) electrons. The van der Waals surface area contributed by atoms with E-state index in [2.05, 4.69) is 83.0 Å². The predicted octanol–water partition coefficient (Wildman–Crippen LogP) is 7.60. The first-order chi connectivity index (χ1) is 19.0. The number of pyridine rings is 2. The van der Waals surface area contributed by atoms with Crippen molar-refractivity contribution in [2.24, 2.45) is 0 Å². The van der Waals surface area contributed by atoms with Gasteiger partial charge in [-0.1, -0.05) is 48.5 Å². The fourth-order valence-electron chi connectivity index (χ4n) is 6.60. The summed E-state index contributed by atoms with van der Waals surface area (Å²) in [6.07, 6.45) is 5.41. The molecule has 0 N–H and O–H groups in total. The molecule has 2 aromatic heterocycles. The molecule has 4 heterocycles. The Labute approximate surface area is 227 Å². The summed E-state index contributed by atoms with van der Waals surface area (Å²) >= 11 is 0. The molecule has 4 heteroatoms.